The number of ether oxygens (including phenoxy) is 4. The third-order valence-electron chi connectivity index (χ3n) is 3.96. The van der Waals surface area contributed by atoms with E-state index >= 15 is 0 Å². The van der Waals surface area contributed by atoms with Crippen molar-refractivity contribution in [2.45, 2.75) is 68.5 Å². The first-order valence-electron chi connectivity index (χ1n) is 10.3. The second-order valence-electron chi connectivity index (χ2n) is 7.92. The van der Waals surface area contributed by atoms with E-state index in [0.717, 1.165) is 0 Å². The molecule has 0 fully saturated rings. The molecule has 4 unspecified atom stereocenters. The summed E-state index contributed by atoms with van der Waals surface area (Å²) in [4.78, 5) is 36.3. The molecule has 0 aromatic carbocycles. The van der Waals surface area contributed by atoms with Gasteiger partial charge in [-0.15, -0.1) is 0 Å². The van der Waals surface area contributed by atoms with Crippen LogP contribution in [0.2, 0.25) is 0 Å². The standard InChI is InChI=1S/C20H36O8S4/c1-13(30)6-17(22)26-10-20(9-25-16(21)4-5-29,11-27-18(23)7-14(2)31)12-28-19(24)8-15(3)32/h13-16,21,29-32H,4-12H2,1-3H3. The predicted octanol–water partition coefficient (Wildman–Crippen LogP) is 2.38. The molecule has 0 rings (SSSR count). The van der Waals surface area contributed by atoms with E-state index in [1.807, 2.05) is 0 Å². The molecular formula is C20H36O8S4. The van der Waals surface area contributed by atoms with Crippen LogP contribution in [0.4, 0.5) is 0 Å². The molecule has 0 radical (unpaired) electrons. The Balaban J connectivity index is 5.51. The number of aliphatic hydroxyl groups excluding tert-OH is 1. The number of hydrogen-bond acceptors (Lipinski definition) is 12. The molecule has 1 N–H and O–H groups in total. The third kappa shape index (κ3) is 16.4. The average molecular weight is 533 g/mol. The number of thiol groups is 4. The molecule has 0 aliphatic carbocycles. The van der Waals surface area contributed by atoms with Gasteiger partial charge in [-0.2, -0.15) is 50.5 Å². The summed E-state index contributed by atoms with van der Waals surface area (Å²) in [5.41, 5.74) is -1.22. The van der Waals surface area contributed by atoms with Crippen LogP contribution in [0, 0.1) is 5.41 Å². The van der Waals surface area contributed by atoms with Crippen molar-refractivity contribution in [3.63, 3.8) is 0 Å². The quantitative estimate of drug-likeness (QED) is 0.0841. The van der Waals surface area contributed by atoms with E-state index in [1.54, 1.807) is 20.8 Å². The molecular weight excluding hydrogens is 496 g/mol. The molecule has 32 heavy (non-hydrogen) atoms. The fourth-order valence-electron chi connectivity index (χ4n) is 2.32. The van der Waals surface area contributed by atoms with Crippen LogP contribution >= 0.6 is 50.5 Å². The summed E-state index contributed by atoms with van der Waals surface area (Å²) in [6, 6.07) is 0. The van der Waals surface area contributed by atoms with Crippen LogP contribution in [0.5, 0.6) is 0 Å². The van der Waals surface area contributed by atoms with E-state index in [0.29, 0.717) is 5.75 Å². The molecule has 0 saturated heterocycles. The van der Waals surface area contributed by atoms with Crippen LogP contribution in [0.3, 0.4) is 0 Å². The van der Waals surface area contributed by atoms with Crippen LogP contribution in [0.15, 0.2) is 0 Å². The van der Waals surface area contributed by atoms with Crippen LogP contribution < -0.4 is 0 Å². The Morgan fingerprint density at radius 1 is 0.750 bits per heavy atom. The smallest absolute Gasteiger partial charge is 0.306 e. The van der Waals surface area contributed by atoms with E-state index in [-0.39, 0.29) is 67.9 Å². The molecule has 0 aromatic heterocycles. The fourth-order valence-corrected chi connectivity index (χ4v) is 2.99. The maximum Gasteiger partial charge on any atom is 0.306 e. The highest BCUT2D eigenvalue weighted by Gasteiger charge is 2.37. The molecule has 0 aliphatic heterocycles. The van der Waals surface area contributed by atoms with Crippen molar-refractivity contribution in [3.05, 3.63) is 0 Å². The number of carbonyl (C=O) groups is 3. The van der Waals surface area contributed by atoms with Gasteiger partial charge in [0, 0.05) is 22.2 Å². The summed E-state index contributed by atoms with van der Waals surface area (Å²) in [6.45, 7) is 4.27. The first-order chi connectivity index (χ1) is 14.9. The summed E-state index contributed by atoms with van der Waals surface area (Å²) in [6.07, 6.45) is -0.686. The minimum atomic E-state index is -1.22. The van der Waals surface area contributed by atoms with E-state index in [1.165, 1.54) is 0 Å². The van der Waals surface area contributed by atoms with Crippen LogP contribution in [0.1, 0.15) is 46.5 Å². The molecule has 8 nitrogen and oxygen atoms in total. The van der Waals surface area contributed by atoms with Crippen LogP contribution in [0.25, 0.3) is 0 Å². The Hall–Kier alpha value is -0.270. The van der Waals surface area contributed by atoms with Crippen LogP contribution in [-0.4, -0.2) is 77.2 Å². The lowest BCUT2D eigenvalue weighted by molar-refractivity contribution is -0.181. The Kier molecular flexibility index (Phi) is 17.1. The first-order valence-corrected chi connectivity index (χ1v) is 12.5. The molecule has 188 valence electrons. The van der Waals surface area contributed by atoms with Gasteiger partial charge < -0.3 is 24.1 Å². The van der Waals surface area contributed by atoms with Gasteiger partial charge in [-0.1, -0.05) is 20.8 Å². The molecule has 0 spiro atoms. The first kappa shape index (κ1) is 31.7. The fraction of sp³-hybridized carbons (Fsp3) is 0.850. The Morgan fingerprint density at radius 2 is 1.09 bits per heavy atom. The van der Waals surface area contributed by atoms with E-state index in [9.17, 15) is 19.5 Å². The molecule has 0 aromatic rings. The molecule has 0 saturated carbocycles. The largest absolute Gasteiger partial charge is 0.465 e. The van der Waals surface area contributed by atoms with Gasteiger partial charge in [0.2, 0.25) is 0 Å². The Labute approximate surface area is 212 Å². The Bertz CT molecular complexity index is 507. The van der Waals surface area contributed by atoms with E-state index in [4.69, 9.17) is 18.9 Å². The molecule has 0 bridgehead atoms. The monoisotopic (exact) mass is 532 g/mol. The number of hydrogen-bond donors (Lipinski definition) is 5. The van der Waals surface area contributed by atoms with Gasteiger partial charge in [-0.05, 0) is 5.75 Å². The van der Waals surface area contributed by atoms with Gasteiger partial charge in [0.05, 0.1) is 31.3 Å². The van der Waals surface area contributed by atoms with Gasteiger partial charge in [0.15, 0.2) is 6.29 Å². The molecule has 12 heteroatoms. The zero-order valence-electron chi connectivity index (χ0n) is 18.8. The maximum atomic E-state index is 12.1. The second-order valence-corrected chi connectivity index (χ2v) is 11.0. The number of aliphatic hydroxyl groups is 1. The summed E-state index contributed by atoms with van der Waals surface area (Å²) in [5, 5.41) is 9.34. The van der Waals surface area contributed by atoms with Crippen molar-refractivity contribution in [1.29, 1.82) is 0 Å². The minimum Gasteiger partial charge on any atom is -0.465 e. The lowest BCUT2D eigenvalue weighted by Crippen LogP contribution is -2.44. The minimum absolute atomic E-state index is 0.0657. The summed E-state index contributed by atoms with van der Waals surface area (Å²) < 4.78 is 21.6. The van der Waals surface area contributed by atoms with Crippen molar-refractivity contribution < 1.29 is 38.4 Å². The second kappa shape index (κ2) is 17.2. The third-order valence-corrected chi connectivity index (χ3v) is 4.77. The van der Waals surface area contributed by atoms with Crippen molar-refractivity contribution >= 4 is 68.4 Å². The van der Waals surface area contributed by atoms with E-state index < -0.39 is 29.6 Å². The van der Waals surface area contributed by atoms with Gasteiger partial charge in [-0.25, -0.2) is 0 Å². The van der Waals surface area contributed by atoms with Gasteiger partial charge in [0.1, 0.15) is 19.8 Å². The molecule has 0 amide bonds. The highest BCUT2D eigenvalue weighted by molar-refractivity contribution is 7.81. The molecule has 4 atom stereocenters. The SMILES string of the molecule is CC(S)CC(=O)OCC(COC(=O)CC(C)S)(COC(=O)CC(C)S)COC(O)CCS. The zero-order valence-corrected chi connectivity index (χ0v) is 22.3. The predicted molar refractivity (Wildman–Crippen MR) is 135 cm³/mol. The highest BCUT2D eigenvalue weighted by atomic mass is 32.1. The van der Waals surface area contributed by atoms with Crippen molar-refractivity contribution in [2.75, 3.05) is 32.2 Å². The summed E-state index contributed by atoms with van der Waals surface area (Å²) >= 11 is 16.6. The number of rotatable bonds is 17. The summed E-state index contributed by atoms with van der Waals surface area (Å²) in [5.74, 6) is -1.16. The number of carbonyl (C=O) groups excluding carboxylic acids is 3. The molecule has 0 aliphatic rings. The molecule has 0 heterocycles. The Morgan fingerprint density at radius 3 is 1.38 bits per heavy atom. The lowest BCUT2D eigenvalue weighted by atomic mass is 9.92. The van der Waals surface area contributed by atoms with Gasteiger partial charge in [-0.3, -0.25) is 14.4 Å². The van der Waals surface area contributed by atoms with E-state index in [2.05, 4.69) is 50.5 Å². The van der Waals surface area contributed by atoms with Crippen molar-refractivity contribution in [2.24, 2.45) is 5.41 Å². The topological polar surface area (TPSA) is 108 Å². The number of esters is 3. The normalized spacial score (nSPS) is 16.9. The highest BCUT2D eigenvalue weighted by Crippen LogP contribution is 2.23. The van der Waals surface area contributed by atoms with Crippen LogP contribution in [-0.2, 0) is 33.3 Å². The zero-order chi connectivity index (χ0) is 24.7. The van der Waals surface area contributed by atoms with Gasteiger partial charge in [0.25, 0.3) is 0 Å². The summed E-state index contributed by atoms with van der Waals surface area (Å²) in [7, 11) is 0. The maximum absolute atomic E-state index is 12.1. The van der Waals surface area contributed by atoms with Gasteiger partial charge >= 0.3 is 17.9 Å². The van der Waals surface area contributed by atoms with Crippen molar-refractivity contribution in [3.8, 4) is 0 Å². The lowest BCUT2D eigenvalue weighted by Gasteiger charge is -2.33. The average Bonchev–Trinajstić information content (AvgIpc) is 2.65. The van der Waals surface area contributed by atoms with Crippen molar-refractivity contribution in [1.82, 2.24) is 0 Å².